The highest BCUT2D eigenvalue weighted by Crippen LogP contribution is 2.43. The third-order valence-corrected chi connectivity index (χ3v) is 11.9. The van der Waals surface area contributed by atoms with E-state index in [4.69, 9.17) is 79.0 Å². The van der Waals surface area contributed by atoms with Crippen molar-refractivity contribution in [2.45, 2.75) is 10.5 Å². The molecule has 0 spiro atoms. The van der Waals surface area contributed by atoms with Crippen molar-refractivity contribution in [3.8, 4) is 0 Å². The third kappa shape index (κ3) is 25.6. The Bertz CT molecular complexity index is 2010. The van der Waals surface area contributed by atoms with Gasteiger partial charge in [0.2, 0.25) is 0 Å². The van der Waals surface area contributed by atoms with Crippen molar-refractivity contribution in [1.82, 2.24) is 0 Å². The molecule has 0 bridgehead atoms. The lowest BCUT2D eigenvalue weighted by Gasteiger charge is -2.36. The summed E-state index contributed by atoms with van der Waals surface area (Å²) >= 11 is 7.12. The molecule has 6 aromatic carbocycles. The van der Waals surface area contributed by atoms with Crippen LogP contribution >= 0.6 is 11.6 Å². The average molecular weight is 1090 g/mol. The molecular formula is C62H81ClO14. The van der Waals surface area contributed by atoms with E-state index in [9.17, 15) is 0 Å². The maximum absolute atomic E-state index is 8.62. The lowest BCUT2D eigenvalue weighted by molar-refractivity contribution is -0.0393. The number of benzene rings is 6. The van der Waals surface area contributed by atoms with Gasteiger partial charge < -0.3 is 67.4 Å². The second kappa shape index (κ2) is 43.0. The van der Waals surface area contributed by atoms with E-state index in [1.807, 2.05) is 109 Å². The van der Waals surface area contributed by atoms with Crippen LogP contribution in [0.5, 0.6) is 0 Å². The lowest BCUT2D eigenvalue weighted by atomic mass is 9.80. The molecule has 6 aromatic rings. The summed E-state index contributed by atoms with van der Waals surface area (Å²) in [5, 5.41) is 25.5. The minimum Gasteiger partial charge on any atom is -0.394 e. The van der Waals surface area contributed by atoms with Gasteiger partial charge in [0.25, 0.3) is 0 Å². The number of hydrogen-bond acceptors (Lipinski definition) is 14. The van der Waals surface area contributed by atoms with Gasteiger partial charge in [0.15, 0.2) is 0 Å². The molecule has 0 aromatic heterocycles. The number of halogens is 1. The standard InChI is InChI=1S/C31H40O7.C19H15Cl.C12H26O7/c32-16-17-33-18-19-34-20-21-35-22-23-36-24-25-37-26-27-38-31(28-10-4-1-5-11-28,29-12-6-2-7-13-29)30-14-8-3-9-15-30;20-19(16-10-4-1-5-11-16,17-12-6-2-7-13-17)18-14-8-3-9-15-18;13-1-3-15-5-7-17-9-11-19-12-10-18-8-6-16-4-2-14/h1-15,32H,16-27H2;1-15H;13-14H,1-12H2. The van der Waals surface area contributed by atoms with E-state index >= 15 is 0 Å². The van der Waals surface area contributed by atoms with Crippen LogP contribution in [0.15, 0.2) is 182 Å². The van der Waals surface area contributed by atoms with E-state index < -0.39 is 10.5 Å². The molecule has 0 unspecified atom stereocenters. The van der Waals surface area contributed by atoms with E-state index in [0.717, 1.165) is 33.4 Å². The summed E-state index contributed by atoms with van der Waals surface area (Å²) in [6, 6.07) is 61.6. The Kier molecular flexibility index (Phi) is 36.1. The topological polar surface area (TPSA) is 162 Å². The normalized spacial score (nSPS) is 11.4. The van der Waals surface area contributed by atoms with Crippen molar-refractivity contribution >= 4 is 11.6 Å². The molecule has 77 heavy (non-hydrogen) atoms. The third-order valence-electron chi connectivity index (χ3n) is 11.3. The van der Waals surface area contributed by atoms with Crippen LogP contribution in [0.25, 0.3) is 0 Å². The molecule has 0 atom stereocenters. The van der Waals surface area contributed by atoms with Gasteiger partial charge >= 0.3 is 0 Å². The fourth-order valence-corrected chi connectivity index (χ4v) is 8.06. The van der Waals surface area contributed by atoms with Crippen LogP contribution in [0.1, 0.15) is 33.4 Å². The van der Waals surface area contributed by atoms with E-state index in [1.54, 1.807) is 0 Å². The van der Waals surface area contributed by atoms with Crippen molar-refractivity contribution in [2.75, 3.05) is 159 Å². The fourth-order valence-electron chi connectivity index (χ4n) is 7.68. The van der Waals surface area contributed by atoms with E-state index in [1.165, 1.54) is 0 Å². The zero-order valence-electron chi connectivity index (χ0n) is 44.5. The number of hydrogen-bond donors (Lipinski definition) is 3. The molecule has 0 heterocycles. The van der Waals surface area contributed by atoms with Crippen LogP contribution in [-0.4, -0.2) is 174 Å². The first-order valence-corrected chi connectivity index (χ1v) is 26.7. The Morgan fingerprint density at radius 1 is 0.234 bits per heavy atom. The molecule has 0 amide bonds. The number of ether oxygens (including phenoxy) is 11. The first kappa shape index (κ1) is 64.6. The van der Waals surface area contributed by atoms with Gasteiger partial charge in [0, 0.05) is 0 Å². The first-order chi connectivity index (χ1) is 38.1. The maximum atomic E-state index is 8.62. The van der Waals surface area contributed by atoms with Crippen LogP contribution < -0.4 is 0 Å². The van der Waals surface area contributed by atoms with Crippen LogP contribution in [0.2, 0.25) is 0 Å². The second-order valence-electron chi connectivity index (χ2n) is 16.7. The molecule has 0 saturated heterocycles. The summed E-state index contributed by atoms with van der Waals surface area (Å²) in [5.41, 5.74) is 5.72. The van der Waals surface area contributed by atoms with Crippen molar-refractivity contribution in [3.05, 3.63) is 215 Å². The number of rotatable bonds is 40. The van der Waals surface area contributed by atoms with Crippen LogP contribution in [0.3, 0.4) is 0 Å². The number of aliphatic hydroxyl groups excluding tert-OH is 3. The van der Waals surface area contributed by atoms with Gasteiger partial charge in [0.1, 0.15) is 10.5 Å². The van der Waals surface area contributed by atoms with Crippen LogP contribution in [0, 0.1) is 0 Å². The fraction of sp³-hybridized carbons (Fsp3) is 0.419. The average Bonchev–Trinajstić information content (AvgIpc) is 3.51. The zero-order valence-corrected chi connectivity index (χ0v) is 45.3. The largest absolute Gasteiger partial charge is 0.394 e. The lowest BCUT2D eigenvalue weighted by Crippen LogP contribution is -2.34. The number of aliphatic hydroxyl groups is 3. The maximum Gasteiger partial charge on any atom is 0.143 e. The molecule has 15 heteroatoms. The molecule has 0 aliphatic heterocycles. The van der Waals surface area contributed by atoms with Gasteiger partial charge in [-0.15, -0.1) is 11.6 Å². The smallest absolute Gasteiger partial charge is 0.143 e. The summed E-state index contributed by atoms with van der Waals surface area (Å²) in [6.45, 7) is 9.98. The van der Waals surface area contributed by atoms with Gasteiger partial charge in [0.05, 0.1) is 159 Å². The predicted molar refractivity (Wildman–Crippen MR) is 300 cm³/mol. The monoisotopic (exact) mass is 1080 g/mol. The van der Waals surface area contributed by atoms with Gasteiger partial charge in [-0.25, -0.2) is 0 Å². The van der Waals surface area contributed by atoms with E-state index in [-0.39, 0.29) is 19.8 Å². The number of alkyl halides is 1. The Morgan fingerprint density at radius 3 is 0.597 bits per heavy atom. The van der Waals surface area contributed by atoms with Crippen LogP contribution in [0.4, 0.5) is 0 Å². The van der Waals surface area contributed by atoms with Crippen molar-refractivity contribution < 1.29 is 67.4 Å². The van der Waals surface area contributed by atoms with E-state index in [2.05, 4.69) is 72.8 Å². The molecule has 6 rings (SSSR count). The second-order valence-corrected chi connectivity index (χ2v) is 17.2. The Labute approximate surface area is 461 Å². The minimum atomic E-state index is -0.739. The molecule has 0 aliphatic rings. The van der Waals surface area contributed by atoms with E-state index in [0.29, 0.717) is 139 Å². The van der Waals surface area contributed by atoms with Crippen molar-refractivity contribution in [3.63, 3.8) is 0 Å². The zero-order chi connectivity index (χ0) is 54.4. The first-order valence-electron chi connectivity index (χ1n) is 26.4. The highest BCUT2D eigenvalue weighted by Gasteiger charge is 2.37. The molecule has 0 saturated carbocycles. The molecule has 0 radical (unpaired) electrons. The van der Waals surface area contributed by atoms with Gasteiger partial charge in [-0.3, -0.25) is 0 Å². The van der Waals surface area contributed by atoms with Gasteiger partial charge in [-0.2, -0.15) is 0 Å². The molecule has 3 N–H and O–H groups in total. The summed E-state index contributed by atoms with van der Waals surface area (Å²) in [7, 11) is 0. The molecule has 420 valence electrons. The summed E-state index contributed by atoms with van der Waals surface area (Å²) in [4.78, 5) is -0.649. The van der Waals surface area contributed by atoms with Crippen LogP contribution in [-0.2, 0) is 62.6 Å². The summed E-state index contributed by atoms with van der Waals surface area (Å²) in [6.07, 6.45) is 0. The minimum absolute atomic E-state index is 0.0272. The highest BCUT2D eigenvalue weighted by molar-refractivity contribution is 6.28. The molecular weight excluding hydrogens is 1000 g/mol. The molecule has 0 fully saturated rings. The van der Waals surface area contributed by atoms with Gasteiger partial charge in [-0.05, 0) is 33.4 Å². The molecule has 14 nitrogen and oxygen atoms in total. The Hall–Kier alpha value is -4.95. The Balaban J connectivity index is 0.000000276. The highest BCUT2D eigenvalue weighted by atomic mass is 35.5. The summed E-state index contributed by atoms with van der Waals surface area (Å²) < 4.78 is 59.8. The SMILES string of the molecule is ClC(c1ccccc1)(c1ccccc1)c1ccccc1.OCCOCCOCCOCCOCCOCCO.OCCOCCOCCOCCOCCOCCOC(c1ccccc1)(c1ccccc1)c1ccccc1. The quantitative estimate of drug-likeness (QED) is 0.0191. The predicted octanol–water partition coefficient (Wildman–Crippen LogP) is 8.34. The summed E-state index contributed by atoms with van der Waals surface area (Å²) in [5.74, 6) is 0. The Morgan fingerprint density at radius 2 is 0.403 bits per heavy atom. The van der Waals surface area contributed by atoms with Crippen molar-refractivity contribution in [2.24, 2.45) is 0 Å². The van der Waals surface area contributed by atoms with Gasteiger partial charge in [-0.1, -0.05) is 182 Å². The van der Waals surface area contributed by atoms with Crippen molar-refractivity contribution in [1.29, 1.82) is 0 Å². The molecule has 0 aliphatic carbocycles.